The van der Waals surface area contributed by atoms with E-state index in [1.807, 2.05) is 44.2 Å². The van der Waals surface area contributed by atoms with Crippen molar-refractivity contribution in [3.05, 3.63) is 65.2 Å². The summed E-state index contributed by atoms with van der Waals surface area (Å²) in [7, 11) is 0. The standard InChI is InChI=1S/C17H19F2NO/c1-3-20-16(15-10-5-4-7-12(15)2)13-8-6-9-14(11-13)21-17(18)19/h4-11,16-17,20H,3H2,1-2H3. The van der Waals surface area contributed by atoms with E-state index >= 15 is 0 Å². The van der Waals surface area contributed by atoms with Gasteiger partial charge in [-0.1, -0.05) is 43.3 Å². The number of hydrogen-bond acceptors (Lipinski definition) is 2. The van der Waals surface area contributed by atoms with Gasteiger partial charge in [-0.05, 0) is 42.3 Å². The molecule has 112 valence electrons. The number of alkyl halides is 2. The van der Waals surface area contributed by atoms with Crippen LogP contribution in [0, 0.1) is 6.92 Å². The van der Waals surface area contributed by atoms with Gasteiger partial charge in [-0.3, -0.25) is 0 Å². The first-order chi connectivity index (χ1) is 10.1. The van der Waals surface area contributed by atoms with E-state index in [-0.39, 0.29) is 11.8 Å². The summed E-state index contributed by atoms with van der Waals surface area (Å²) in [4.78, 5) is 0. The Morgan fingerprint density at radius 2 is 1.86 bits per heavy atom. The van der Waals surface area contributed by atoms with Crippen LogP contribution in [0.3, 0.4) is 0 Å². The molecule has 21 heavy (non-hydrogen) atoms. The molecule has 0 saturated heterocycles. The summed E-state index contributed by atoms with van der Waals surface area (Å²) in [5.41, 5.74) is 3.20. The average molecular weight is 291 g/mol. The molecule has 0 aliphatic rings. The van der Waals surface area contributed by atoms with Crippen LogP contribution in [0.15, 0.2) is 48.5 Å². The Balaban J connectivity index is 2.36. The fourth-order valence-corrected chi connectivity index (χ4v) is 2.39. The van der Waals surface area contributed by atoms with Crippen LogP contribution in [0.5, 0.6) is 5.75 Å². The second-order valence-electron chi connectivity index (χ2n) is 4.80. The predicted molar refractivity (Wildman–Crippen MR) is 79.8 cm³/mol. The van der Waals surface area contributed by atoms with Crippen LogP contribution in [0.2, 0.25) is 0 Å². The highest BCUT2D eigenvalue weighted by atomic mass is 19.3. The van der Waals surface area contributed by atoms with E-state index in [9.17, 15) is 8.78 Å². The molecule has 1 N–H and O–H groups in total. The minimum Gasteiger partial charge on any atom is -0.435 e. The van der Waals surface area contributed by atoms with E-state index in [2.05, 4.69) is 10.1 Å². The van der Waals surface area contributed by atoms with Gasteiger partial charge >= 0.3 is 6.61 Å². The minimum atomic E-state index is -2.81. The van der Waals surface area contributed by atoms with Gasteiger partial charge in [0.05, 0.1) is 6.04 Å². The summed E-state index contributed by atoms with van der Waals surface area (Å²) in [6, 6.07) is 14.8. The molecule has 0 radical (unpaired) electrons. The zero-order chi connectivity index (χ0) is 15.2. The lowest BCUT2D eigenvalue weighted by atomic mass is 9.95. The predicted octanol–water partition coefficient (Wildman–Crippen LogP) is 4.30. The topological polar surface area (TPSA) is 21.3 Å². The van der Waals surface area contributed by atoms with E-state index in [4.69, 9.17) is 0 Å². The fraction of sp³-hybridized carbons (Fsp3) is 0.294. The molecular weight excluding hydrogens is 272 g/mol. The molecule has 0 aliphatic carbocycles. The smallest absolute Gasteiger partial charge is 0.387 e. The van der Waals surface area contributed by atoms with Gasteiger partial charge in [0.25, 0.3) is 0 Å². The van der Waals surface area contributed by atoms with E-state index in [0.29, 0.717) is 0 Å². The molecule has 1 atom stereocenters. The first-order valence-electron chi connectivity index (χ1n) is 6.95. The Kier molecular flexibility index (Phi) is 5.28. The molecule has 2 aromatic rings. The Hall–Kier alpha value is -1.94. The summed E-state index contributed by atoms with van der Waals surface area (Å²) in [6.07, 6.45) is 0. The molecule has 2 aromatic carbocycles. The second-order valence-corrected chi connectivity index (χ2v) is 4.80. The number of nitrogens with one attached hydrogen (secondary N) is 1. The SMILES string of the molecule is CCNC(c1cccc(OC(F)F)c1)c1ccccc1C. The number of ether oxygens (including phenoxy) is 1. The number of halogens is 2. The number of benzene rings is 2. The Bertz CT molecular complexity index is 587. The van der Waals surface area contributed by atoms with E-state index in [1.165, 1.54) is 6.07 Å². The van der Waals surface area contributed by atoms with E-state index in [1.54, 1.807) is 12.1 Å². The van der Waals surface area contributed by atoms with Crippen molar-refractivity contribution in [2.45, 2.75) is 26.5 Å². The molecule has 1 unspecified atom stereocenters. The summed E-state index contributed by atoms with van der Waals surface area (Å²) in [6.45, 7) is 2.03. The molecule has 2 nitrogen and oxygen atoms in total. The van der Waals surface area contributed by atoms with Gasteiger partial charge in [0.15, 0.2) is 0 Å². The maximum atomic E-state index is 12.4. The van der Waals surface area contributed by atoms with E-state index in [0.717, 1.165) is 23.2 Å². The maximum absolute atomic E-state index is 12.4. The van der Waals surface area contributed by atoms with Crippen LogP contribution < -0.4 is 10.1 Å². The zero-order valence-electron chi connectivity index (χ0n) is 12.1. The third-order valence-electron chi connectivity index (χ3n) is 3.32. The highest BCUT2D eigenvalue weighted by molar-refractivity contribution is 5.39. The Morgan fingerprint density at radius 3 is 2.52 bits per heavy atom. The van der Waals surface area contributed by atoms with Crippen molar-refractivity contribution in [3.8, 4) is 5.75 Å². The largest absolute Gasteiger partial charge is 0.435 e. The molecular formula is C17H19F2NO. The number of hydrogen-bond donors (Lipinski definition) is 1. The van der Waals surface area contributed by atoms with Gasteiger partial charge in [0.2, 0.25) is 0 Å². The number of aryl methyl sites for hydroxylation is 1. The van der Waals surface area contributed by atoms with Crippen LogP contribution in [-0.2, 0) is 0 Å². The zero-order valence-corrected chi connectivity index (χ0v) is 12.1. The molecule has 0 aromatic heterocycles. The Morgan fingerprint density at radius 1 is 1.10 bits per heavy atom. The van der Waals surface area contributed by atoms with Crippen LogP contribution in [0.4, 0.5) is 8.78 Å². The van der Waals surface area contributed by atoms with Gasteiger partial charge in [0, 0.05) is 0 Å². The van der Waals surface area contributed by atoms with E-state index < -0.39 is 6.61 Å². The van der Waals surface area contributed by atoms with Crippen LogP contribution >= 0.6 is 0 Å². The van der Waals surface area contributed by atoms with Gasteiger partial charge in [0.1, 0.15) is 5.75 Å². The summed E-state index contributed by atoms with van der Waals surface area (Å²) >= 11 is 0. The monoisotopic (exact) mass is 291 g/mol. The summed E-state index contributed by atoms with van der Waals surface area (Å²) < 4.78 is 29.2. The molecule has 0 aliphatic heterocycles. The third-order valence-corrected chi connectivity index (χ3v) is 3.32. The summed E-state index contributed by atoms with van der Waals surface area (Å²) in [5, 5.41) is 3.39. The molecule has 0 amide bonds. The first-order valence-corrected chi connectivity index (χ1v) is 6.95. The normalized spacial score (nSPS) is 12.4. The van der Waals surface area contributed by atoms with Gasteiger partial charge in [-0.25, -0.2) is 0 Å². The molecule has 0 bridgehead atoms. The van der Waals surface area contributed by atoms with Gasteiger partial charge < -0.3 is 10.1 Å². The third kappa shape index (κ3) is 4.02. The molecule has 2 rings (SSSR count). The number of rotatable bonds is 6. The highest BCUT2D eigenvalue weighted by Crippen LogP contribution is 2.27. The van der Waals surface area contributed by atoms with Crippen LogP contribution in [0.25, 0.3) is 0 Å². The maximum Gasteiger partial charge on any atom is 0.387 e. The summed E-state index contributed by atoms with van der Waals surface area (Å²) in [5.74, 6) is 0.180. The lowest BCUT2D eigenvalue weighted by Crippen LogP contribution is -2.22. The van der Waals surface area contributed by atoms with Crippen molar-refractivity contribution in [2.75, 3.05) is 6.54 Å². The van der Waals surface area contributed by atoms with Crippen LogP contribution in [0.1, 0.15) is 29.7 Å². The molecule has 0 fully saturated rings. The lowest BCUT2D eigenvalue weighted by molar-refractivity contribution is -0.0498. The highest BCUT2D eigenvalue weighted by Gasteiger charge is 2.16. The molecule has 0 spiro atoms. The van der Waals surface area contributed by atoms with Crippen molar-refractivity contribution in [1.29, 1.82) is 0 Å². The van der Waals surface area contributed by atoms with Crippen LogP contribution in [-0.4, -0.2) is 13.2 Å². The van der Waals surface area contributed by atoms with Crippen molar-refractivity contribution < 1.29 is 13.5 Å². The van der Waals surface area contributed by atoms with Crippen molar-refractivity contribution in [1.82, 2.24) is 5.32 Å². The van der Waals surface area contributed by atoms with Crippen molar-refractivity contribution in [3.63, 3.8) is 0 Å². The van der Waals surface area contributed by atoms with Gasteiger partial charge in [-0.2, -0.15) is 8.78 Å². The Labute approximate surface area is 123 Å². The average Bonchev–Trinajstić information content (AvgIpc) is 2.45. The first kappa shape index (κ1) is 15.4. The second kappa shape index (κ2) is 7.18. The van der Waals surface area contributed by atoms with Gasteiger partial charge in [-0.15, -0.1) is 0 Å². The minimum absolute atomic E-state index is 0.0441. The molecule has 4 heteroatoms. The van der Waals surface area contributed by atoms with Crippen molar-refractivity contribution >= 4 is 0 Å². The quantitative estimate of drug-likeness (QED) is 0.857. The molecule has 0 saturated carbocycles. The molecule has 0 heterocycles. The fourth-order valence-electron chi connectivity index (χ4n) is 2.39. The lowest BCUT2D eigenvalue weighted by Gasteiger charge is -2.21. The van der Waals surface area contributed by atoms with Crippen molar-refractivity contribution in [2.24, 2.45) is 0 Å².